The minimum absolute atomic E-state index is 0.0204. The van der Waals surface area contributed by atoms with Gasteiger partial charge in [0.1, 0.15) is 0 Å². The van der Waals surface area contributed by atoms with Crippen LogP contribution in [0.15, 0.2) is 35.1 Å². The summed E-state index contributed by atoms with van der Waals surface area (Å²) in [5.74, 6) is -2.64. The van der Waals surface area contributed by atoms with Crippen molar-refractivity contribution in [2.45, 2.75) is 6.18 Å². The predicted molar refractivity (Wildman–Crippen MR) is 78.5 cm³/mol. The molecule has 0 radical (unpaired) electrons. The maximum atomic E-state index is 12.5. The monoisotopic (exact) mass is 337 g/mol. The van der Waals surface area contributed by atoms with E-state index in [2.05, 4.69) is 15.4 Å². The van der Waals surface area contributed by atoms with Gasteiger partial charge >= 0.3 is 6.18 Å². The summed E-state index contributed by atoms with van der Waals surface area (Å²) in [6.07, 6.45) is -4.70. The third-order valence-corrected chi connectivity index (χ3v) is 3.38. The molecule has 2 heterocycles. The number of hydrogen-bond acceptors (Lipinski definition) is 4. The van der Waals surface area contributed by atoms with Gasteiger partial charge in [-0.2, -0.15) is 18.2 Å². The molecule has 24 heavy (non-hydrogen) atoms. The van der Waals surface area contributed by atoms with Crippen molar-refractivity contribution < 1.29 is 18.0 Å². The largest absolute Gasteiger partial charge is 0.451 e. The van der Waals surface area contributed by atoms with Crippen molar-refractivity contribution in [1.82, 2.24) is 19.7 Å². The zero-order valence-electron chi connectivity index (χ0n) is 12.2. The van der Waals surface area contributed by atoms with Gasteiger partial charge in [-0.15, -0.1) is 5.10 Å². The number of aromatic nitrogens is 4. The third kappa shape index (κ3) is 2.73. The number of aryl methyl sites for hydroxylation is 1. The summed E-state index contributed by atoms with van der Waals surface area (Å²) >= 11 is 0. The zero-order valence-corrected chi connectivity index (χ0v) is 12.2. The molecule has 0 aliphatic carbocycles. The number of H-pyrrole nitrogens is 1. The molecular weight excluding hydrogens is 327 g/mol. The summed E-state index contributed by atoms with van der Waals surface area (Å²) in [6.45, 7) is 0. The number of benzene rings is 1. The molecule has 0 unspecified atom stereocenters. The van der Waals surface area contributed by atoms with Gasteiger partial charge in [0.25, 0.3) is 11.5 Å². The van der Waals surface area contributed by atoms with Gasteiger partial charge in [-0.25, -0.2) is 0 Å². The SMILES string of the molecule is Cn1c(=O)cc(C(=O)Nc2n[nH]c(C(F)(F)F)n2)c2ccccc21. The molecule has 124 valence electrons. The minimum atomic E-state index is -4.70. The molecule has 2 N–H and O–H groups in total. The van der Waals surface area contributed by atoms with Crippen molar-refractivity contribution in [3.05, 3.63) is 52.1 Å². The Kier molecular flexibility index (Phi) is 3.59. The van der Waals surface area contributed by atoms with Crippen LogP contribution in [0.5, 0.6) is 0 Å². The number of rotatable bonds is 2. The number of para-hydroxylation sites is 1. The number of nitrogens with one attached hydrogen (secondary N) is 2. The third-order valence-electron chi connectivity index (χ3n) is 3.38. The molecule has 1 aromatic carbocycles. The number of fused-ring (bicyclic) bond motifs is 1. The van der Waals surface area contributed by atoms with Crippen LogP contribution in [-0.4, -0.2) is 25.7 Å². The highest BCUT2D eigenvalue weighted by Gasteiger charge is 2.35. The Morgan fingerprint density at radius 2 is 2.00 bits per heavy atom. The van der Waals surface area contributed by atoms with E-state index in [0.717, 1.165) is 6.07 Å². The van der Waals surface area contributed by atoms with Gasteiger partial charge in [0.2, 0.25) is 11.8 Å². The molecule has 3 aromatic rings. The molecule has 1 amide bonds. The van der Waals surface area contributed by atoms with E-state index in [0.29, 0.717) is 10.9 Å². The normalized spacial score (nSPS) is 11.7. The number of carbonyl (C=O) groups is 1. The molecule has 0 aliphatic rings. The number of hydrogen-bond donors (Lipinski definition) is 2. The smallest absolute Gasteiger partial charge is 0.311 e. The van der Waals surface area contributed by atoms with Crippen molar-refractivity contribution in [3.63, 3.8) is 0 Å². The molecule has 0 atom stereocenters. The van der Waals surface area contributed by atoms with Crippen LogP contribution in [0.4, 0.5) is 19.1 Å². The predicted octanol–water partition coefficient (Wildman–Crippen LogP) is 1.93. The standard InChI is InChI=1S/C14H10F3N5O2/c1-22-9-5-3-2-4-7(9)8(6-10(22)23)11(24)18-13-19-12(20-21-13)14(15,16)17/h2-6H,1H3,(H2,18,19,20,21,24). The molecule has 0 saturated carbocycles. The van der Waals surface area contributed by atoms with Gasteiger partial charge in [0, 0.05) is 18.5 Å². The lowest BCUT2D eigenvalue weighted by Crippen LogP contribution is -2.22. The van der Waals surface area contributed by atoms with Gasteiger partial charge in [-0.3, -0.25) is 20.0 Å². The summed E-state index contributed by atoms with van der Waals surface area (Å²) in [6, 6.07) is 7.77. The van der Waals surface area contributed by atoms with E-state index >= 15 is 0 Å². The summed E-state index contributed by atoms with van der Waals surface area (Å²) in [5, 5.41) is 7.61. The zero-order chi connectivity index (χ0) is 17.5. The highest BCUT2D eigenvalue weighted by Crippen LogP contribution is 2.26. The second kappa shape index (κ2) is 5.48. The number of amides is 1. The van der Waals surface area contributed by atoms with E-state index in [4.69, 9.17) is 0 Å². The van der Waals surface area contributed by atoms with Gasteiger partial charge < -0.3 is 4.57 Å². The van der Waals surface area contributed by atoms with Crippen LogP contribution >= 0.6 is 0 Å². The fourth-order valence-corrected chi connectivity index (χ4v) is 2.21. The molecule has 0 aliphatic heterocycles. The number of carbonyl (C=O) groups excluding carboxylic acids is 1. The van der Waals surface area contributed by atoms with E-state index in [1.165, 1.54) is 4.57 Å². The topological polar surface area (TPSA) is 92.7 Å². The first-order chi connectivity index (χ1) is 11.3. The number of alkyl halides is 3. The molecular formula is C14H10F3N5O2. The summed E-state index contributed by atoms with van der Waals surface area (Å²) in [5.41, 5.74) is 0.109. The quantitative estimate of drug-likeness (QED) is 0.747. The maximum absolute atomic E-state index is 12.5. The first kappa shape index (κ1) is 15.7. The highest BCUT2D eigenvalue weighted by atomic mass is 19.4. The van der Waals surface area contributed by atoms with E-state index < -0.39 is 29.4 Å². The van der Waals surface area contributed by atoms with E-state index in [1.54, 1.807) is 36.4 Å². The van der Waals surface area contributed by atoms with Crippen molar-refractivity contribution in [3.8, 4) is 0 Å². The van der Waals surface area contributed by atoms with Crippen LogP contribution in [0, 0.1) is 0 Å². The molecule has 0 spiro atoms. The Labute approximate surface area is 132 Å². The van der Waals surface area contributed by atoms with Gasteiger partial charge in [-0.1, -0.05) is 18.2 Å². The van der Waals surface area contributed by atoms with Crippen molar-refractivity contribution >= 4 is 22.8 Å². The Morgan fingerprint density at radius 1 is 1.29 bits per heavy atom. The average molecular weight is 337 g/mol. The Bertz CT molecular complexity index is 990. The molecule has 0 bridgehead atoms. The number of nitrogens with zero attached hydrogens (tertiary/aromatic N) is 3. The summed E-state index contributed by atoms with van der Waals surface area (Å²) in [7, 11) is 1.55. The molecule has 3 rings (SSSR count). The Balaban J connectivity index is 1.99. The van der Waals surface area contributed by atoms with E-state index in [1.807, 2.05) is 0 Å². The Hall–Kier alpha value is -3.17. The van der Waals surface area contributed by atoms with Crippen LogP contribution in [0.1, 0.15) is 16.2 Å². The van der Waals surface area contributed by atoms with Crippen LogP contribution in [0.25, 0.3) is 10.9 Å². The molecule has 0 fully saturated rings. The Morgan fingerprint density at radius 3 is 2.67 bits per heavy atom. The number of halogens is 3. The van der Waals surface area contributed by atoms with Crippen molar-refractivity contribution in [2.75, 3.05) is 5.32 Å². The minimum Gasteiger partial charge on any atom is -0.311 e. The van der Waals surface area contributed by atoms with Crippen molar-refractivity contribution in [1.29, 1.82) is 0 Å². The van der Waals surface area contributed by atoms with Crippen LogP contribution < -0.4 is 10.9 Å². The van der Waals surface area contributed by atoms with Crippen LogP contribution in [-0.2, 0) is 13.2 Å². The fraction of sp³-hybridized carbons (Fsp3) is 0.143. The second-order valence-electron chi connectivity index (χ2n) is 4.93. The van der Waals surface area contributed by atoms with Gasteiger partial charge in [0.15, 0.2) is 0 Å². The first-order valence-corrected chi connectivity index (χ1v) is 6.67. The van der Waals surface area contributed by atoms with Gasteiger partial charge in [-0.05, 0) is 6.07 Å². The van der Waals surface area contributed by atoms with Gasteiger partial charge in [0.05, 0.1) is 11.1 Å². The number of anilines is 1. The molecule has 10 heteroatoms. The van der Waals surface area contributed by atoms with Crippen molar-refractivity contribution in [2.24, 2.45) is 7.05 Å². The number of aromatic amines is 1. The number of pyridine rings is 1. The summed E-state index contributed by atoms with van der Waals surface area (Å²) in [4.78, 5) is 27.4. The maximum Gasteiger partial charge on any atom is 0.451 e. The molecule has 0 saturated heterocycles. The van der Waals surface area contributed by atoms with Crippen LogP contribution in [0.3, 0.4) is 0 Å². The highest BCUT2D eigenvalue weighted by molar-refractivity contribution is 6.11. The average Bonchev–Trinajstić information content (AvgIpc) is 2.99. The van der Waals surface area contributed by atoms with E-state index in [-0.39, 0.29) is 5.56 Å². The first-order valence-electron chi connectivity index (χ1n) is 6.67. The lowest BCUT2D eigenvalue weighted by atomic mass is 10.1. The lowest BCUT2D eigenvalue weighted by molar-refractivity contribution is -0.144. The molecule has 2 aromatic heterocycles. The second-order valence-corrected chi connectivity index (χ2v) is 4.93. The summed E-state index contributed by atoms with van der Waals surface area (Å²) < 4.78 is 38.8. The lowest BCUT2D eigenvalue weighted by Gasteiger charge is -2.09. The van der Waals surface area contributed by atoms with Crippen LogP contribution in [0.2, 0.25) is 0 Å². The fourth-order valence-electron chi connectivity index (χ4n) is 2.21. The molecule has 7 nitrogen and oxygen atoms in total. The van der Waals surface area contributed by atoms with E-state index in [9.17, 15) is 22.8 Å².